The number of aromatic carboxylic acids is 1. The summed E-state index contributed by atoms with van der Waals surface area (Å²) in [5.41, 5.74) is 1.17. The van der Waals surface area contributed by atoms with Crippen LogP contribution in [0.5, 0.6) is 0 Å². The van der Waals surface area contributed by atoms with Crippen molar-refractivity contribution >= 4 is 11.5 Å². The van der Waals surface area contributed by atoms with Gasteiger partial charge in [-0.3, -0.25) is 4.40 Å². The molecule has 2 heterocycles. The summed E-state index contributed by atoms with van der Waals surface area (Å²) in [5.74, 6) is -1.83. The second-order valence-electron chi connectivity index (χ2n) is 2.93. The van der Waals surface area contributed by atoms with Crippen LogP contribution in [-0.4, -0.2) is 20.5 Å². The van der Waals surface area contributed by atoms with Crippen molar-refractivity contribution in [2.45, 2.75) is 6.92 Å². The van der Waals surface area contributed by atoms with Gasteiger partial charge in [0.1, 0.15) is 5.82 Å². The van der Waals surface area contributed by atoms with E-state index in [-0.39, 0.29) is 5.82 Å². The minimum Gasteiger partial charge on any atom is -0.475 e. The van der Waals surface area contributed by atoms with Crippen LogP contribution in [0.3, 0.4) is 0 Å². The van der Waals surface area contributed by atoms with Crippen LogP contribution in [0.1, 0.15) is 16.3 Å². The second kappa shape index (κ2) is 2.80. The highest BCUT2D eigenvalue weighted by Crippen LogP contribution is 2.13. The van der Waals surface area contributed by atoms with Crippen LogP contribution in [0.25, 0.3) is 5.52 Å². The summed E-state index contributed by atoms with van der Waals surface area (Å²) < 4.78 is 14.1. The van der Waals surface area contributed by atoms with Crippen molar-refractivity contribution in [2.24, 2.45) is 0 Å². The van der Waals surface area contributed by atoms with E-state index in [2.05, 4.69) is 4.98 Å². The monoisotopic (exact) mass is 194 g/mol. The van der Waals surface area contributed by atoms with Crippen LogP contribution in [0.15, 0.2) is 18.3 Å². The number of fused-ring (bicyclic) bond motifs is 1. The van der Waals surface area contributed by atoms with E-state index in [4.69, 9.17) is 5.11 Å². The fraction of sp³-hybridized carbons (Fsp3) is 0.111. The van der Waals surface area contributed by atoms with E-state index in [1.54, 1.807) is 6.92 Å². The number of hydrogen-bond acceptors (Lipinski definition) is 2. The number of carboxylic acids is 1. The molecule has 0 aliphatic heterocycles. The molecule has 2 aromatic heterocycles. The molecule has 0 bridgehead atoms. The van der Waals surface area contributed by atoms with Gasteiger partial charge in [0.15, 0.2) is 0 Å². The molecule has 0 saturated heterocycles. The first-order valence-electron chi connectivity index (χ1n) is 3.97. The molecule has 2 rings (SSSR count). The molecule has 0 aromatic carbocycles. The van der Waals surface area contributed by atoms with Crippen molar-refractivity contribution in [3.8, 4) is 0 Å². The summed E-state index contributed by atoms with van der Waals surface area (Å²) in [5, 5.41) is 8.78. The smallest absolute Gasteiger partial charge is 0.372 e. The molecular weight excluding hydrogens is 187 g/mol. The van der Waals surface area contributed by atoms with Gasteiger partial charge in [-0.15, -0.1) is 0 Å². The lowest BCUT2D eigenvalue weighted by atomic mass is 10.3. The number of pyridine rings is 1. The van der Waals surface area contributed by atoms with E-state index in [0.29, 0.717) is 11.2 Å². The molecule has 0 amide bonds. The van der Waals surface area contributed by atoms with Crippen LogP contribution in [-0.2, 0) is 0 Å². The van der Waals surface area contributed by atoms with E-state index in [1.165, 1.54) is 16.5 Å². The van der Waals surface area contributed by atoms with Gasteiger partial charge in [-0.05, 0) is 19.1 Å². The molecule has 0 radical (unpaired) electrons. The molecule has 5 heteroatoms. The largest absolute Gasteiger partial charge is 0.475 e. The summed E-state index contributed by atoms with van der Waals surface area (Å²) in [6.45, 7) is 1.68. The predicted octanol–water partition coefficient (Wildman–Crippen LogP) is 1.48. The normalized spacial score (nSPS) is 10.7. The lowest BCUT2D eigenvalue weighted by Crippen LogP contribution is -2.03. The van der Waals surface area contributed by atoms with Crippen molar-refractivity contribution in [1.29, 1.82) is 0 Å². The fourth-order valence-corrected chi connectivity index (χ4v) is 1.37. The molecule has 0 saturated carbocycles. The van der Waals surface area contributed by atoms with E-state index >= 15 is 0 Å². The third-order valence-corrected chi connectivity index (χ3v) is 1.98. The maximum atomic E-state index is 12.8. The SMILES string of the molecule is Cc1nc(C(=O)O)n2cc(F)ccc12. The molecule has 0 atom stereocenters. The molecule has 72 valence electrons. The average molecular weight is 194 g/mol. The number of aryl methyl sites for hydroxylation is 1. The van der Waals surface area contributed by atoms with Gasteiger partial charge in [-0.1, -0.05) is 0 Å². The summed E-state index contributed by atoms with van der Waals surface area (Å²) in [4.78, 5) is 14.6. The molecule has 0 aliphatic rings. The molecule has 0 fully saturated rings. The molecule has 0 unspecified atom stereocenters. The average Bonchev–Trinajstić information content (AvgIpc) is 2.43. The third kappa shape index (κ3) is 1.14. The first-order valence-corrected chi connectivity index (χ1v) is 3.97. The summed E-state index contributed by atoms with van der Waals surface area (Å²) in [6.07, 6.45) is 1.11. The van der Waals surface area contributed by atoms with E-state index in [0.717, 1.165) is 6.20 Å². The zero-order valence-corrected chi connectivity index (χ0v) is 7.36. The summed E-state index contributed by atoms with van der Waals surface area (Å²) in [7, 11) is 0. The van der Waals surface area contributed by atoms with Gasteiger partial charge < -0.3 is 5.11 Å². The Morgan fingerprint density at radius 3 is 2.93 bits per heavy atom. The number of imidazole rings is 1. The van der Waals surface area contributed by atoms with E-state index in [1.807, 2.05) is 0 Å². The Labute approximate surface area is 78.6 Å². The standard InChI is InChI=1S/C9H7FN2O2/c1-5-7-3-2-6(10)4-12(7)8(11-5)9(13)14/h2-4H,1H3,(H,13,14). The van der Waals surface area contributed by atoms with Crippen LogP contribution in [0, 0.1) is 12.7 Å². The molecular formula is C9H7FN2O2. The van der Waals surface area contributed by atoms with Crippen molar-refractivity contribution in [2.75, 3.05) is 0 Å². The molecule has 14 heavy (non-hydrogen) atoms. The maximum Gasteiger partial charge on any atom is 0.372 e. The number of nitrogens with zero attached hydrogens (tertiary/aromatic N) is 2. The van der Waals surface area contributed by atoms with Crippen molar-refractivity contribution < 1.29 is 14.3 Å². The topological polar surface area (TPSA) is 54.6 Å². The Bertz CT molecular complexity index is 519. The third-order valence-electron chi connectivity index (χ3n) is 1.98. The first-order chi connectivity index (χ1) is 6.59. The van der Waals surface area contributed by atoms with E-state index < -0.39 is 11.8 Å². The van der Waals surface area contributed by atoms with E-state index in [9.17, 15) is 9.18 Å². The zero-order valence-electron chi connectivity index (χ0n) is 7.36. The van der Waals surface area contributed by atoms with Gasteiger partial charge in [-0.25, -0.2) is 14.2 Å². The Morgan fingerprint density at radius 1 is 1.57 bits per heavy atom. The Morgan fingerprint density at radius 2 is 2.29 bits per heavy atom. The van der Waals surface area contributed by atoms with Crippen LogP contribution >= 0.6 is 0 Å². The first kappa shape index (κ1) is 8.68. The Kier molecular flexibility index (Phi) is 1.73. The summed E-state index contributed by atoms with van der Waals surface area (Å²) in [6, 6.07) is 2.78. The predicted molar refractivity (Wildman–Crippen MR) is 46.8 cm³/mol. The lowest BCUT2D eigenvalue weighted by molar-refractivity contribution is 0.0682. The number of carboxylic acid groups (broad SMARTS) is 1. The van der Waals surface area contributed by atoms with Crippen LogP contribution in [0.2, 0.25) is 0 Å². The van der Waals surface area contributed by atoms with Crippen molar-refractivity contribution in [1.82, 2.24) is 9.38 Å². The Hall–Kier alpha value is -1.91. The van der Waals surface area contributed by atoms with Gasteiger partial charge in [-0.2, -0.15) is 0 Å². The van der Waals surface area contributed by atoms with Gasteiger partial charge in [0, 0.05) is 6.20 Å². The second-order valence-corrected chi connectivity index (χ2v) is 2.93. The highest BCUT2D eigenvalue weighted by atomic mass is 19.1. The van der Waals surface area contributed by atoms with Crippen LogP contribution in [0.4, 0.5) is 4.39 Å². The quantitative estimate of drug-likeness (QED) is 0.748. The summed E-state index contributed by atoms with van der Waals surface area (Å²) >= 11 is 0. The minimum absolute atomic E-state index is 0.169. The number of halogens is 1. The van der Waals surface area contributed by atoms with Gasteiger partial charge >= 0.3 is 5.97 Å². The number of aromatic nitrogens is 2. The van der Waals surface area contributed by atoms with Crippen molar-refractivity contribution in [3.63, 3.8) is 0 Å². The van der Waals surface area contributed by atoms with Crippen LogP contribution < -0.4 is 0 Å². The van der Waals surface area contributed by atoms with Gasteiger partial charge in [0.05, 0.1) is 11.2 Å². The molecule has 2 aromatic rings. The highest BCUT2D eigenvalue weighted by molar-refractivity contribution is 5.85. The minimum atomic E-state index is -1.17. The molecule has 0 aliphatic carbocycles. The lowest BCUT2D eigenvalue weighted by Gasteiger charge is -1.96. The number of carbonyl (C=O) groups is 1. The number of hydrogen-bond donors (Lipinski definition) is 1. The fourth-order valence-electron chi connectivity index (χ4n) is 1.37. The Balaban J connectivity index is 2.85. The highest BCUT2D eigenvalue weighted by Gasteiger charge is 2.14. The maximum absolute atomic E-state index is 12.8. The molecule has 4 nitrogen and oxygen atoms in total. The number of rotatable bonds is 1. The van der Waals surface area contributed by atoms with Crippen molar-refractivity contribution in [3.05, 3.63) is 35.7 Å². The van der Waals surface area contributed by atoms with Gasteiger partial charge in [0.25, 0.3) is 0 Å². The van der Waals surface area contributed by atoms with Gasteiger partial charge in [0.2, 0.25) is 5.82 Å². The molecule has 0 spiro atoms. The zero-order chi connectivity index (χ0) is 10.3. The molecule has 1 N–H and O–H groups in total.